The van der Waals surface area contributed by atoms with Crippen LogP contribution in [0.15, 0.2) is 22.8 Å². The molecule has 2 aliphatic rings. The van der Waals surface area contributed by atoms with Crippen LogP contribution in [0, 0.1) is 17.8 Å². The number of hydrogen-bond acceptors (Lipinski definition) is 2. The Kier molecular flexibility index (Phi) is 3.71. The first-order chi connectivity index (χ1) is 8.72. The van der Waals surface area contributed by atoms with E-state index < -0.39 is 0 Å². The zero-order valence-electron chi connectivity index (χ0n) is 10.9. The van der Waals surface area contributed by atoms with Gasteiger partial charge in [0.15, 0.2) is 0 Å². The second kappa shape index (κ2) is 5.30. The third-order valence-electron chi connectivity index (χ3n) is 4.81. The third-order valence-corrected chi connectivity index (χ3v) is 5.25. The first kappa shape index (κ1) is 12.6. The lowest BCUT2D eigenvalue weighted by Crippen LogP contribution is -2.36. The standard InChI is InChI=1S/C15H21BrN2/c1-10(14-8-11-5-6-12(14)7-11)17-9-13-3-2-4-15(16)18-13/h2-4,10-12,14,17H,5-9H2,1H3. The van der Waals surface area contributed by atoms with Gasteiger partial charge in [0.2, 0.25) is 0 Å². The highest BCUT2D eigenvalue weighted by Crippen LogP contribution is 2.49. The van der Waals surface area contributed by atoms with E-state index in [1.54, 1.807) is 0 Å². The summed E-state index contributed by atoms with van der Waals surface area (Å²) in [7, 11) is 0. The molecule has 0 spiro atoms. The van der Waals surface area contributed by atoms with E-state index in [0.717, 1.165) is 34.6 Å². The van der Waals surface area contributed by atoms with Gasteiger partial charge in [-0.1, -0.05) is 12.5 Å². The van der Waals surface area contributed by atoms with Gasteiger partial charge in [0.25, 0.3) is 0 Å². The zero-order valence-corrected chi connectivity index (χ0v) is 12.5. The molecule has 2 fully saturated rings. The van der Waals surface area contributed by atoms with Gasteiger partial charge in [-0.25, -0.2) is 4.98 Å². The van der Waals surface area contributed by atoms with Crippen molar-refractivity contribution in [2.75, 3.05) is 0 Å². The summed E-state index contributed by atoms with van der Waals surface area (Å²) in [5.41, 5.74) is 1.12. The molecule has 98 valence electrons. The lowest BCUT2D eigenvalue weighted by Gasteiger charge is -2.28. The van der Waals surface area contributed by atoms with Gasteiger partial charge in [-0.3, -0.25) is 0 Å². The number of aromatic nitrogens is 1. The van der Waals surface area contributed by atoms with Gasteiger partial charge in [0, 0.05) is 12.6 Å². The molecule has 18 heavy (non-hydrogen) atoms. The van der Waals surface area contributed by atoms with Gasteiger partial charge in [0.05, 0.1) is 5.69 Å². The summed E-state index contributed by atoms with van der Waals surface area (Å²) in [5.74, 6) is 2.93. The Labute approximate surface area is 118 Å². The predicted octanol–water partition coefficient (Wildman–Crippen LogP) is 3.76. The van der Waals surface area contributed by atoms with Gasteiger partial charge in [0.1, 0.15) is 4.60 Å². The zero-order chi connectivity index (χ0) is 12.5. The molecule has 4 unspecified atom stereocenters. The topological polar surface area (TPSA) is 24.9 Å². The van der Waals surface area contributed by atoms with Crippen molar-refractivity contribution in [1.82, 2.24) is 10.3 Å². The molecule has 3 heteroatoms. The highest BCUT2D eigenvalue weighted by molar-refractivity contribution is 9.10. The highest BCUT2D eigenvalue weighted by Gasteiger charge is 2.41. The van der Waals surface area contributed by atoms with Crippen molar-refractivity contribution in [2.45, 2.75) is 45.2 Å². The fourth-order valence-corrected chi connectivity index (χ4v) is 4.25. The SMILES string of the molecule is CC(NCc1cccc(Br)n1)C1CC2CCC1C2. The average molecular weight is 309 g/mol. The van der Waals surface area contributed by atoms with Crippen LogP contribution in [-0.4, -0.2) is 11.0 Å². The van der Waals surface area contributed by atoms with Gasteiger partial charge >= 0.3 is 0 Å². The summed E-state index contributed by atoms with van der Waals surface area (Å²) in [6.45, 7) is 3.23. The molecular weight excluding hydrogens is 288 g/mol. The maximum absolute atomic E-state index is 4.47. The normalized spacial score (nSPS) is 31.8. The molecule has 0 amide bonds. The Bertz CT molecular complexity index is 421. The lowest BCUT2D eigenvalue weighted by atomic mass is 9.84. The van der Waals surface area contributed by atoms with Crippen molar-refractivity contribution in [3.63, 3.8) is 0 Å². The van der Waals surface area contributed by atoms with Gasteiger partial charge < -0.3 is 5.32 Å². The Morgan fingerprint density at radius 2 is 2.28 bits per heavy atom. The molecule has 4 atom stereocenters. The fourth-order valence-electron chi connectivity index (χ4n) is 3.87. The van der Waals surface area contributed by atoms with Crippen LogP contribution in [0.25, 0.3) is 0 Å². The van der Waals surface area contributed by atoms with Crippen molar-refractivity contribution in [2.24, 2.45) is 17.8 Å². The molecule has 1 aromatic heterocycles. The van der Waals surface area contributed by atoms with Crippen LogP contribution in [0.4, 0.5) is 0 Å². The number of nitrogens with one attached hydrogen (secondary N) is 1. The molecule has 2 saturated carbocycles. The average Bonchev–Trinajstić information content (AvgIpc) is 2.98. The summed E-state index contributed by atoms with van der Waals surface area (Å²) >= 11 is 3.42. The van der Waals surface area contributed by atoms with E-state index >= 15 is 0 Å². The summed E-state index contributed by atoms with van der Waals surface area (Å²) in [6, 6.07) is 6.74. The number of hydrogen-bond donors (Lipinski definition) is 1. The first-order valence-electron chi connectivity index (χ1n) is 7.07. The van der Waals surface area contributed by atoms with Crippen LogP contribution in [0.1, 0.15) is 38.3 Å². The van der Waals surface area contributed by atoms with Crippen molar-refractivity contribution < 1.29 is 0 Å². The van der Waals surface area contributed by atoms with E-state index in [0.29, 0.717) is 6.04 Å². The number of nitrogens with zero attached hydrogens (tertiary/aromatic N) is 1. The van der Waals surface area contributed by atoms with E-state index in [2.05, 4.69) is 45.3 Å². The molecule has 1 N–H and O–H groups in total. The van der Waals surface area contributed by atoms with Gasteiger partial charge in [-0.15, -0.1) is 0 Å². The largest absolute Gasteiger partial charge is 0.308 e. The summed E-state index contributed by atoms with van der Waals surface area (Å²) in [4.78, 5) is 4.47. The number of halogens is 1. The van der Waals surface area contributed by atoms with Crippen molar-refractivity contribution >= 4 is 15.9 Å². The molecule has 3 rings (SSSR count). The van der Waals surface area contributed by atoms with E-state index in [1.165, 1.54) is 25.7 Å². The quantitative estimate of drug-likeness (QED) is 0.857. The number of fused-ring (bicyclic) bond motifs is 2. The summed E-state index contributed by atoms with van der Waals surface area (Å²) in [5, 5.41) is 3.67. The summed E-state index contributed by atoms with van der Waals surface area (Å²) in [6.07, 6.45) is 5.90. The van der Waals surface area contributed by atoms with Gasteiger partial charge in [-0.2, -0.15) is 0 Å². The summed E-state index contributed by atoms with van der Waals surface area (Å²) < 4.78 is 0.925. The van der Waals surface area contributed by atoms with E-state index in [4.69, 9.17) is 0 Å². The second-order valence-electron chi connectivity index (χ2n) is 5.96. The van der Waals surface area contributed by atoms with Crippen LogP contribution >= 0.6 is 15.9 Å². The molecule has 0 aliphatic heterocycles. The van der Waals surface area contributed by atoms with Crippen LogP contribution in [-0.2, 0) is 6.54 Å². The number of rotatable bonds is 4. The maximum Gasteiger partial charge on any atom is 0.106 e. The maximum atomic E-state index is 4.47. The Hall–Kier alpha value is -0.410. The lowest BCUT2D eigenvalue weighted by molar-refractivity contribution is 0.259. The second-order valence-corrected chi connectivity index (χ2v) is 6.77. The molecule has 1 heterocycles. The predicted molar refractivity (Wildman–Crippen MR) is 77.2 cm³/mol. The van der Waals surface area contributed by atoms with Crippen LogP contribution in [0.2, 0.25) is 0 Å². The van der Waals surface area contributed by atoms with Crippen LogP contribution in [0.5, 0.6) is 0 Å². The van der Waals surface area contributed by atoms with Gasteiger partial charge in [-0.05, 0) is 72.0 Å². The van der Waals surface area contributed by atoms with Crippen molar-refractivity contribution in [3.8, 4) is 0 Å². The molecule has 0 aromatic carbocycles. The third kappa shape index (κ3) is 2.62. The van der Waals surface area contributed by atoms with Crippen molar-refractivity contribution in [3.05, 3.63) is 28.5 Å². The smallest absolute Gasteiger partial charge is 0.106 e. The highest BCUT2D eigenvalue weighted by atomic mass is 79.9. The molecule has 0 saturated heterocycles. The van der Waals surface area contributed by atoms with E-state index in [1.807, 2.05) is 6.07 Å². The molecule has 0 radical (unpaired) electrons. The Balaban J connectivity index is 1.54. The minimum Gasteiger partial charge on any atom is -0.308 e. The minimum absolute atomic E-state index is 0.626. The molecule has 2 aliphatic carbocycles. The van der Waals surface area contributed by atoms with Crippen LogP contribution < -0.4 is 5.32 Å². The monoisotopic (exact) mass is 308 g/mol. The Morgan fingerprint density at radius 3 is 2.94 bits per heavy atom. The van der Waals surface area contributed by atoms with Crippen molar-refractivity contribution in [1.29, 1.82) is 0 Å². The number of pyridine rings is 1. The fraction of sp³-hybridized carbons (Fsp3) is 0.667. The molecular formula is C15H21BrN2. The molecule has 1 aromatic rings. The molecule has 2 bridgehead atoms. The molecule has 2 nitrogen and oxygen atoms in total. The Morgan fingerprint density at radius 1 is 1.39 bits per heavy atom. The van der Waals surface area contributed by atoms with Crippen LogP contribution in [0.3, 0.4) is 0 Å². The van der Waals surface area contributed by atoms with E-state index in [9.17, 15) is 0 Å². The minimum atomic E-state index is 0.626. The van der Waals surface area contributed by atoms with E-state index in [-0.39, 0.29) is 0 Å². The first-order valence-corrected chi connectivity index (χ1v) is 7.86.